The molecule has 0 radical (unpaired) electrons. The summed E-state index contributed by atoms with van der Waals surface area (Å²) in [5.41, 5.74) is 2.53. The van der Waals surface area contributed by atoms with Gasteiger partial charge in [0.1, 0.15) is 16.5 Å². The van der Waals surface area contributed by atoms with Crippen LogP contribution in [-0.4, -0.2) is 35.9 Å². The molecule has 7 nitrogen and oxygen atoms in total. The number of aromatic nitrogens is 2. The third kappa shape index (κ3) is 5.84. The Morgan fingerprint density at radius 3 is 2.66 bits per heavy atom. The van der Waals surface area contributed by atoms with Gasteiger partial charge in [0.2, 0.25) is 5.91 Å². The molecule has 0 aliphatic rings. The van der Waals surface area contributed by atoms with Gasteiger partial charge in [0, 0.05) is 24.7 Å². The molecule has 1 N–H and O–H groups in total. The molecule has 8 heteroatoms. The van der Waals surface area contributed by atoms with Crippen LogP contribution in [0.5, 0.6) is 5.75 Å². The number of carbonyl (C=O) groups is 2. The van der Waals surface area contributed by atoms with E-state index in [4.69, 9.17) is 21.1 Å². The van der Waals surface area contributed by atoms with Gasteiger partial charge < -0.3 is 14.8 Å². The summed E-state index contributed by atoms with van der Waals surface area (Å²) in [6.07, 6.45) is 3.07. The SMILES string of the molecule is COC(=O)c1cc(CNC(=O)C=Cc2c(C)nn(CC(C)C)c2Cl)ccc1OC. The molecule has 0 aliphatic heterocycles. The Morgan fingerprint density at radius 1 is 1.31 bits per heavy atom. The fourth-order valence-electron chi connectivity index (χ4n) is 2.77. The molecule has 0 fully saturated rings. The van der Waals surface area contributed by atoms with E-state index in [2.05, 4.69) is 24.3 Å². The molecule has 1 amide bonds. The number of rotatable bonds is 8. The second kappa shape index (κ2) is 10.1. The van der Waals surface area contributed by atoms with Crippen molar-refractivity contribution in [3.63, 3.8) is 0 Å². The molecule has 0 unspecified atom stereocenters. The molecule has 0 bridgehead atoms. The molecular weight excluding hydrogens is 394 g/mol. The third-order valence-electron chi connectivity index (χ3n) is 4.18. The number of esters is 1. The normalized spacial score (nSPS) is 11.1. The van der Waals surface area contributed by atoms with E-state index in [9.17, 15) is 9.59 Å². The number of hydrogen-bond acceptors (Lipinski definition) is 5. The Kier molecular flexibility index (Phi) is 7.84. The summed E-state index contributed by atoms with van der Waals surface area (Å²) in [4.78, 5) is 24.1. The van der Waals surface area contributed by atoms with Gasteiger partial charge in [-0.2, -0.15) is 5.10 Å². The van der Waals surface area contributed by atoms with Gasteiger partial charge in [-0.05, 0) is 36.6 Å². The molecule has 0 atom stereocenters. The lowest BCUT2D eigenvalue weighted by atomic mass is 10.1. The number of nitrogens with one attached hydrogen (secondary N) is 1. The van der Waals surface area contributed by atoms with Crippen LogP contribution in [0.3, 0.4) is 0 Å². The Labute approximate surface area is 175 Å². The highest BCUT2D eigenvalue weighted by Crippen LogP contribution is 2.23. The number of benzene rings is 1. The smallest absolute Gasteiger partial charge is 0.341 e. The van der Waals surface area contributed by atoms with Gasteiger partial charge in [0.05, 0.1) is 19.9 Å². The second-order valence-corrected chi connectivity index (χ2v) is 7.30. The fourth-order valence-corrected chi connectivity index (χ4v) is 3.07. The van der Waals surface area contributed by atoms with Gasteiger partial charge in [0.15, 0.2) is 0 Å². The molecule has 0 spiro atoms. The van der Waals surface area contributed by atoms with Crippen LogP contribution in [-0.2, 0) is 22.6 Å². The van der Waals surface area contributed by atoms with Gasteiger partial charge in [0.25, 0.3) is 0 Å². The van der Waals surface area contributed by atoms with Crippen molar-refractivity contribution in [1.82, 2.24) is 15.1 Å². The maximum Gasteiger partial charge on any atom is 0.341 e. The fraction of sp³-hybridized carbons (Fsp3) is 0.381. The average molecular weight is 420 g/mol. The van der Waals surface area contributed by atoms with Crippen molar-refractivity contribution >= 4 is 29.6 Å². The zero-order chi connectivity index (χ0) is 21.6. The van der Waals surface area contributed by atoms with Gasteiger partial charge in [-0.3, -0.25) is 9.48 Å². The molecule has 156 valence electrons. The molecule has 1 aromatic carbocycles. The van der Waals surface area contributed by atoms with Crippen LogP contribution < -0.4 is 10.1 Å². The molecular formula is C21H26ClN3O4. The highest BCUT2D eigenvalue weighted by molar-refractivity contribution is 6.31. The van der Waals surface area contributed by atoms with Crippen LogP contribution in [0, 0.1) is 12.8 Å². The van der Waals surface area contributed by atoms with E-state index in [-0.39, 0.29) is 12.5 Å². The van der Waals surface area contributed by atoms with Crippen LogP contribution in [0.15, 0.2) is 24.3 Å². The summed E-state index contributed by atoms with van der Waals surface area (Å²) in [6, 6.07) is 5.06. The summed E-state index contributed by atoms with van der Waals surface area (Å²) in [7, 11) is 2.78. The van der Waals surface area contributed by atoms with Crippen LogP contribution in [0.1, 0.15) is 41.0 Å². The highest BCUT2D eigenvalue weighted by atomic mass is 35.5. The van der Waals surface area contributed by atoms with E-state index < -0.39 is 5.97 Å². The lowest BCUT2D eigenvalue weighted by Gasteiger charge is -2.09. The Morgan fingerprint density at radius 2 is 2.03 bits per heavy atom. The Hall–Kier alpha value is -2.80. The van der Waals surface area contributed by atoms with Crippen LogP contribution in [0.4, 0.5) is 0 Å². The number of carbonyl (C=O) groups excluding carboxylic acids is 2. The molecule has 2 aromatic rings. The minimum absolute atomic E-state index is 0.247. The summed E-state index contributed by atoms with van der Waals surface area (Å²) in [5, 5.41) is 7.71. The zero-order valence-corrected chi connectivity index (χ0v) is 18.0. The minimum atomic E-state index is -0.501. The lowest BCUT2D eigenvalue weighted by molar-refractivity contribution is -0.116. The van der Waals surface area contributed by atoms with Crippen molar-refractivity contribution in [2.75, 3.05) is 14.2 Å². The predicted octanol–water partition coefficient (Wildman–Crippen LogP) is 3.63. The summed E-state index contributed by atoms with van der Waals surface area (Å²) < 4.78 is 11.7. The molecule has 29 heavy (non-hydrogen) atoms. The van der Waals surface area contributed by atoms with Crippen molar-refractivity contribution < 1.29 is 19.1 Å². The lowest BCUT2D eigenvalue weighted by Crippen LogP contribution is -2.20. The van der Waals surface area contributed by atoms with E-state index in [1.807, 2.05) is 6.92 Å². The van der Waals surface area contributed by atoms with Crippen LogP contribution >= 0.6 is 11.6 Å². The van der Waals surface area contributed by atoms with Crippen molar-refractivity contribution in [2.24, 2.45) is 5.92 Å². The molecule has 0 saturated heterocycles. The number of aryl methyl sites for hydroxylation is 1. The molecule has 0 aliphatic carbocycles. The van der Waals surface area contributed by atoms with E-state index in [0.29, 0.717) is 28.9 Å². The predicted molar refractivity (Wildman–Crippen MR) is 112 cm³/mol. The van der Waals surface area contributed by atoms with E-state index in [0.717, 1.165) is 16.8 Å². The summed E-state index contributed by atoms with van der Waals surface area (Å²) in [6.45, 7) is 6.98. The number of halogens is 1. The maximum absolute atomic E-state index is 12.2. The monoisotopic (exact) mass is 419 g/mol. The first-order valence-electron chi connectivity index (χ1n) is 9.20. The molecule has 1 aromatic heterocycles. The Balaban J connectivity index is 2.05. The van der Waals surface area contributed by atoms with Gasteiger partial charge >= 0.3 is 5.97 Å². The quantitative estimate of drug-likeness (QED) is 0.522. The first-order valence-corrected chi connectivity index (χ1v) is 9.58. The number of methoxy groups -OCH3 is 2. The van der Waals surface area contributed by atoms with E-state index in [1.54, 1.807) is 29.0 Å². The van der Waals surface area contributed by atoms with Gasteiger partial charge in [-0.15, -0.1) is 0 Å². The van der Waals surface area contributed by atoms with Gasteiger partial charge in [-0.25, -0.2) is 4.79 Å². The zero-order valence-electron chi connectivity index (χ0n) is 17.3. The number of amides is 1. The minimum Gasteiger partial charge on any atom is -0.496 e. The van der Waals surface area contributed by atoms with Crippen LogP contribution in [0.2, 0.25) is 5.15 Å². The van der Waals surface area contributed by atoms with E-state index >= 15 is 0 Å². The largest absolute Gasteiger partial charge is 0.496 e. The first kappa shape index (κ1) is 22.5. The van der Waals surface area contributed by atoms with Crippen molar-refractivity contribution in [2.45, 2.75) is 33.9 Å². The number of ether oxygens (including phenoxy) is 2. The third-order valence-corrected chi connectivity index (χ3v) is 4.58. The van der Waals surface area contributed by atoms with E-state index in [1.165, 1.54) is 20.3 Å². The highest BCUT2D eigenvalue weighted by Gasteiger charge is 2.14. The standard InChI is InChI=1S/C21H26ClN3O4/c1-13(2)12-25-20(22)16(14(3)24-25)7-9-19(26)23-11-15-6-8-18(28-4)17(10-15)21(27)29-5/h6-10,13H,11-12H2,1-5H3,(H,23,26). The number of hydrogen-bond donors (Lipinski definition) is 1. The summed E-state index contributed by atoms with van der Waals surface area (Å²) in [5.74, 6) is 0.0348. The molecule has 2 rings (SSSR count). The summed E-state index contributed by atoms with van der Waals surface area (Å²) >= 11 is 6.38. The second-order valence-electron chi connectivity index (χ2n) is 6.94. The van der Waals surface area contributed by atoms with Crippen molar-refractivity contribution in [3.05, 3.63) is 51.8 Å². The first-order chi connectivity index (χ1) is 13.8. The molecule has 0 saturated carbocycles. The Bertz CT molecular complexity index is 919. The van der Waals surface area contributed by atoms with Crippen molar-refractivity contribution in [1.29, 1.82) is 0 Å². The molecule has 1 heterocycles. The van der Waals surface area contributed by atoms with Crippen LogP contribution in [0.25, 0.3) is 6.08 Å². The number of nitrogens with zero attached hydrogens (tertiary/aromatic N) is 2. The average Bonchev–Trinajstić information content (AvgIpc) is 2.95. The van der Waals surface area contributed by atoms with Crippen molar-refractivity contribution in [3.8, 4) is 5.75 Å². The topological polar surface area (TPSA) is 82.5 Å². The van der Waals surface area contributed by atoms with Gasteiger partial charge in [-0.1, -0.05) is 31.5 Å². The maximum atomic E-state index is 12.2.